The van der Waals surface area contributed by atoms with E-state index in [1.54, 1.807) is 12.1 Å². The van der Waals surface area contributed by atoms with E-state index in [1.807, 2.05) is 0 Å². The van der Waals surface area contributed by atoms with E-state index in [-0.39, 0.29) is 11.9 Å². The molecule has 68 valence electrons. The van der Waals surface area contributed by atoms with Crippen molar-refractivity contribution >= 4 is 6.09 Å². The third-order valence-electron chi connectivity index (χ3n) is 1.92. The first kappa shape index (κ1) is 8.04. The second-order valence-electron chi connectivity index (χ2n) is 2.83. The molecule has 0 saturated carbocycles. The summed E-state index contributed by atoms with van der Waals surface area (Å²) >= 11 is 0. The van der Waals surface area contributed by atoms with Crippen LogP contribution in [-0.4, -0.2) is 12.6 Å². The van der Waals surface area contributed by atoms with Gasteiger partial charge in [-0.05, 0) is 17.7 Å². The van der Waals surface area contributed by atoms with Gasteiger partial charge in [-0.25, -0.2) is 9.18 Å². The molecule has 1 heterocycles. The summed E-state index contributed by atoms with van der Waals surface area (Å²) < 4.78 is 17.4. The molecular weight excluding hydrogens is 173 g/mol. The van der Waals surface area contributed by atoms with E-state index in [1.165, 1.54) is 12.1 Å². The number of amides is 1. The summed E-state index contributed by atoms with van der Waals surface area (Å²) in [6.45, 7) is 0.449. The molecule has 1 aliphatic rings. The maximum atomic E-state index is 12.5. The van der Waals surface area contributed by atoms with Crippen molar-refractivity contribution in [3.8, 4) is 0 Å². The molecule has 1 N–H and O–H groups in total. The van der Waals surface area contributed by atoms with E-state index >= 15 is 0 Å². The summed E-state index contributed by atoms with van der Waals surface area (Å²) in [4.78, 5) is 10.7. The van der Waals surface area contributed by atoms with Crippen LogP contribution in [0.5, 0.6) is 0 Å². The summed E-state index contributed by atoms with van der Waals surface area (Å²) in [5.41, 5.74) is 0.805. The number of halogens is 1. The van der Waals surface area contributed by atoms with E-state index in [0.717, 1.165) is 5.56 Å². The largest absolute Gasteiger partial charge is 0.439 e. The van der Waals surface area contributed by atoms with Crippen LogP contribution in [0.15, 0.2) is 24.3 Å². The second kappa shape index (κ2) is 3.05. The van der Waals surface area contributed by atoms with Crippen LogP contribution >= 0.6 is 0 Å². The number of rotatable bonds is 1. The van der Waals surface area contributed by atoms with E-state index in [0.29, 0.717) is 6.54 Å². The van der Waals surface area contributed by atoms with Gasteiger partial charge in [0, 0.05) is 0 Å². The number of benzene rings is 1. The Kier molecular flexibility index (Phi) is 1.88. The zero-order valence-corrected chi connectivity index (χ0v) is 6.79. The highest BCUT2D eigenvalue weighted by molar-refractivity contribution is 5.69. The average Bonchev–Trinajstić information content (AvgIpc) is 2.53. The summed E-state index contributed by atoms with van der Waals surface area (Å²) in [6.07, 6.45) is -0.706. The number of cyclic esters (lactones) is 1. The lowest BCUT2D eigenvalue weighted by Gasteiger charge is -2.06. The van der Waals surface area contributed by atoms with E-state index in [2.05, 4.69) is 5.32 Å². The molecule has 0 bridgehead atoms. The van der Waals surface area contributed by atoms with Crippen molar-refractivity contribution < 1.29 is 13.9 Å². The number of hydrogen-bond acceptors (Lipinski definition) is 2. The predicted molar refractivity (Wildman–Crippen MR) is 43.6 cm³/mol. The Labute approximate surface area is 74.5 Å². The molecule has 0 spiro atoms. The fourth-order valence-electron chi connectivity index (χ4n) is 1.25. The molecule has 1 aliphatic heterocycles. The maximum Gasteiger partial charge on any atom is 0.407 e. The third kappa shape index (κ3) is 1.61. The molecule has 1 aromatic carbocycles. The number of nitrogens with one attached hydrogen (secondary N) is 1. The highest BCUT2D eigenvalue weighted by Gasteiger charge is 2.23. The molecule has 1 amide bonds. The Balaban J connectivity index is 2.17. The highest BCUT2D eigenvalue weighted by Crippen LogP contribution is 2.20. The van der Waals surface area contributed by atoms with Gasteiger partial charge in [-0.3, -0.25) is 0 Å². The number of carbonyl (C=O) groups excluding carboxylic acids is 1. The van der Waals surface area contributed by atoms with E-state index in [4.69, 9.17) is 4.74 Å². The minimum Gasteiger partial charge on any atom is -0.439 e. The fraction of sp³-hybridized carbons (Fsp3) is 0.222. The quantitative estimate of drug-likeness (QED) is 0.714. The molecule has 1 saturated heterocycles. The molecule has 13 heavy (non-hydrogen) atoms. The SMILES string of the molecule is O=C1NC[C@H](c2ccc(F)cc2)O1. The molecule has 0 aromatic heterocycles. The van der Waals surface area contributed by atoms with Crippen molar-refractivity contribution in [3.63, 3.8) is 0 Å². The number of ether oxygens (including phenoxy) is 1. The van der Waals surface area contributed by atoms with Crippen LogP contribution in [0.4, 0.5) is 9.18 Å². The number of alkyl carbamates (subject to hydrolysis) is 1. The zero-order valence-electron chi connectivity index (χ0n) is 6.79. The van der Waals surface area contributed by atoms with Gasteiger partial charge in [0.1, 0.15) is 11.9 Å². The van der Waals surface area contributed by atoms with Gasteiger partial charge < -0.3 is 10.1 Å². The van der Waals surface area contributed by atoms with Crippen LogP contribution < -0.4 is 5.32 Å². The summed E-state index contributed by atoms with van der Waals surface area (Å²) in [7, 11) is 0. The van der Waals surface area contributed by atoms with Crippen molar-refractivity contribution in [1.29, 1.82) is 0 Å². The van der Waals surface area contributed by atoms with Gasteiger partial charge in [-0.15, -0.1) is 0 Å². The molecule has 0 aliphatic carbocycles. The molecular formula is C9H8FNO2. The third-order valence-corrected chi connectivity index (χ3v) is 1.92. The Morgan fingerprint density at radius 2 is 2.08 bits per heavy atom. The number of hydrogen-bond donors (Lipinski definition) is 1. The molecule has 3 nitrogen and oxygen atoms in total. The van der Waals surface area contributed by atoms with Gasteiger partial charge in [-0.2, -0.15) is 0 Å². The first-order valence-corrected chi connectivity index (χ1v) is 3.95. The van der Waals surface area contributed by atoms with Crippen LogP contribution in [-0.2, 0) is 4.74 Å². The van der Waals surface area contributed by atoms with E-state index in [9.17, 15) is 9.18 Å². The molecule has 1 atom stereocenters. The van der Waals surface area contributed by atoms with Gasteiger partial charge in [0.2, 0.25) is 0 Å². The monoisotopic (exact) mass is 181 g/mol. The lowest BCUT2D eigenvalue weighted by atomic mass is 10.1. The topological polar surface area (TPSA) is 38.3 Å². The lowest BCUT2D eigenvalue weighted by molar-refractivity contribution is 0.141. The van der Waals surface area contributed by atoms with Crippen molar-refractivity contribution in [1.82, 2.24) is 5.32 Å². The standard InChI is InChI=1S/C9H8FNO2/c10-7-3-1-6(2-4-7)8-5-11-9(12)13-8/h1-4,8H,5H2,(H,11,12)/t8-/m1/s1. The van der Waals surface area contributed by atoms with Gasteiger partial charge >= 0.3 is 6.09 Å². The van der Waals surface area contributed by atoms with Gasteiger partial charge in [-0.1, -0.05) is 12.1 Å². The summed E-state index contributed by atoms with van der Waals surface area (Å²) in [5, 5.41) is 2.53. The van der Waals surface area contributed by atoms with Crippen molar-refractivity contribution in [2.75, 3.05) is 6.54 Å². The summed E-state index contributed by atoms with van der Waals surface area (Å²) in [5.74, 6) is -0.291. The Hall–Kier alpha value is -1.58. The number of carbonyl (C=O) groups is 1. The van der Waals surface area contributed by atoms with Crippen molar-refractivity contribution in [2.45, 2.75) is 6.10 Å². The Bertz CT molecular complexity index is 323. The lowest BCUT2D eigenvalue weighted by Crippen LogP contribution is -2.12. The average molecular weight is 181 g/mol. The van der Waals surface area contributed by atoms with Gasteiger partial charge in [0.05, 0.1) is 6.54 Å². The van der Waals surface area contributed by atoms with Gasteiger partial charge in [0.25, 0.3) is 0 Å². The smallest absolute Gasteiger partial charge is 0.407 e. The molecule has 0 unspecified atom stereocenters. The van der Waals surface area contributed by atoms with Crippen molar-refractivity contribution in [3.05, 3.63) is 35.6 Å². The molecule has 0 radical (unpaired) electrons. The zero-order chi connectivity index (χ0) is 9.26. The fourth-order valence-corrected chi connectivity index (χ4v) is 1.25. The van der Waals surface area contributed by atoms with Crippen molar-refractivity contribution in [2.24, 2.45) is 0 Å². The molecule has 1 fully saturated rings. The normalized spacial score (nSPS) is 21.0. The highest BCUT2D eigenvalue weighted by atomic mass is 19.1. The second-order valence-corrected chi connectivity index (χ2v) is 2.83. The summed E-state index contributed by atoms with van der Waals surface area (Å²) in [6, 6.07) is 5.92. The molecule has 4 heteroatoms. The van der Waals surface area contributed by atoms with Crippen LogP contribution in [0.2, 0.25) is 0 Å². The van der Waals surface area contributed by atoms with Gasteiger partial charge in [0.15, 0.2) is 0 Å². The molecule has 2 rings (SSSR count). The van der Waals surface area contributed by atoms with Crippen LogP contribution in [0.3, 0.4) is 0 Å². The Morgan fingerprint density at radius 1 is 1.38 bits per heavy atom. The first-order valence-electron chi connectivity index (χ1n) is 3.95. The Morgan fingerprint density at radius 3 is 2.62 bits per heavy atom. The molecule has 1 aromatic rings. The van der Waals surface area contributed by atoms with Crippen LogP contribution in [0.1, 0.15) is 11.7 Å². The van der Waals surface area contributed by atoms with E-state index < -0.39 is 6.09 Å². The van der Waals surface area contributed by atoms with Crippen LogP contribution in [0, 0.1) is 5.82 Å². The first-order chi connectivity index (χ1) is 6.25. The minimum absolute atomic E-state index is 0.284. The maximum absolute atomic E-state index is 12.5. The minimum atomic E-state index is -0.422. The van der Waals surface area contributed by atoms with Crippen LogP contribution in [0.25, 0.3) is 0 Å². The predicted octanol–water partition coefficient (Wildman–Crippen LogP) is 1.61.